The summed E-state index contributed by atoms with van der Waals surface area (Å²) in [4.78, 5) is 23.1. The molecule has 0 aliphatic carbocycles. The number of nitrogens with zero attached hydrogens (tertiary/aromatic N) is 3. The van der Waals surface area contributed by atoms with E-state index in [-0.39, 0.29) is 12.3 Å². The maximum absolute atomic E-state index is 12.6. The van der Waals surface area contributed by atoms with Gasteiger partial charge in [-0.25, -0.2) is 9.97 Å². The third kappa shape index (κ3) is 3.73. The third-order valence-electron chi connectivity index (χ3n) is 3.44. The molecule has 1 amide bonds. The largest absolute Gasteiger partial charge is 0.459 e. The highest BCUT2D eigenvalue weighted by Crippen LogP contribution is 2.26. The van der Waals surface area contributed by atoms with E-state index >= 15 is 0 Å². The predicted octanol–water partition coefficient (Wildman–Crippen LogP) is 4.46. The normalized spacial score (nSPS) is 10.8. The van der Waals surface area contributed by atoms with Gasteiger partial charge in [0, 0.05) is 22.6 Å². The Morgan fingerprint density at radius 3 is 2.79 bits per heavy atom. The van der Waals surface area contributed by atoms with Crippen LogP contribution < -0.4 is 4.90 Å². The Labute approximate surface area is 152 Å². The summed E-state index contributed by atoms with van der Waals surface area (Å²) >= 11 is 4.83. The molecule has 24 heavy (non-hydrogen) atoms. The highest BCUT2D eigenvalue weighted by Gasteiger charge is 2.18. The average Bonchev–Trinajstić information content (AvgIpc) is 3.19. The minimum absolute atomic E-state index is 0.0280. The first-order chi connectivity index (χ1) is 11.6. The molecule has 5 nitrogen and oxygen atoms in total. The van der Waals surface area contributed by atoms with Crippen molar-refractivity contribution in [2.45, 2.75) is 20.3 Å². The van der Waals surface area contributed by atoms with Crippen molar-refractivity contribution < 1.29 is 9.21 Å². The Balaban J connectivity index is 1.74. The molecule has 3 rings (SSSR count). The van der Waals surface area contributed by atoms with Crippen molar-refractivity contribution in [3.8, 4) is 10.8 Å². The number of amides is 1. The van der Waals surface area contributed by atoms with Crippen molar-refractivity contribution in [3.05, 3.63) is 51.8 Å². The van der Waals surface area contributed by atoms with E-state index in [2.05, 4.69) is 25.9 Å². The number of carbonyl (C=O) groups is 1. The molecule has 3 heterocycles. The lowest BCUT2D eigenvalue weighted by Crippen LogP contribution is -2.32. The number of thiazole rings is 1. The number of likely N-dealkylation sites (N-methyl/N-ethyl adjacent to an activating group) is 1. The first-order valence-electron chi connectivity index (χ1n) is 7.50. The first kappa shape index (κ1) is 16.9. The summed E-state index contributed by atoms with van der Waals surface area (Å²) in [5, 5.41) is 2.68. The van der Waals surface area contributed by atoms with E-state index in [4.69, 9.17) is 4.42 Å². The maximum atomic E-state index is 12.6. The highest BCUT2D eigenvalue weighted by molar-refractivity contribution is 9.10. The van der Waals surface area contributed by atoms with Crippen LogP contribution in [0.3, 0.4) is 0 Å². The van der Waals surface area contributed by atoms with Gasteiger partial charge in [-0.1, -0.05) is 0 Å². The summed E-state index contributed by atoms with van der Waals surface area (Å²) in [6, 6.07) is 7.49. The maximum Gasteiger partial charge on any atom is 0.234 e. The van der Waals surface area contributed by atoms with Crippen molar-refractivity contribution in [1.82, 2.24) is 9.97 Å². The van der Waals surface area contributed by atoms with Gasteiger partial charge in [0.05, 0.1) is 12.1 Å². The van der Waals surface area contributed by atoms with E-state index in [0.29, 0.717) is 12.4 Å². The fraction of sp³-hybridized carbons (Fsp3) is 0.235. The molecule has 0 N–H and O–H groups in total. The van der Waals surface area contributed by atoms with Gasteiger partial charge >= 0.3 is 0 Å². The SMILES string of the molecule is CCN(C(=O)Cc1csc(-c2ccc(C)o2)n1)c1ccc(Br)cn1. The van der Waals surface area contributed by atoms with E-state index in [1.807, 2.05) is 43.5 Å². The fourth-order valence-electron chi connectivity index (χ4n) is 2.29. The lowest BCUT2D eigenvalue weighted by molar-refractivity contribution is -0.118. The Morgan fingerprint density at radius 2 is 2.17 bits per heavy atom. The fourth-order valence-corrected chi connectivity index (χ4v) is 3.31. The molecule has 0 bridgehead atoms. The Kier molecular flexibility index (Phi) is 5.11. The number of aromatic nitrogens is 2. The molecule has 0 spiro atoms. The Bertz CT molecular complexity index is 842. The molecule has 0 aliphatic heterocycles. The van der Waals surface area contributed by atoms with Crippen molar-refractivity contribution in [1.29, 1.82) is 0 Å². The van der Waals surface area contributed by atoms with Crippen molar-refractivity contribution >= 4 is 39.0 Å². The molecule has 0 aromatic carbocycles. The first-order valence-corrected chi connectivity index (χ1v) is 9.17. The highest BCUT2D eigenvalue weighted by atomic mass is 79.9. The predicted molar refractivity (Wildman–Crippen MR) is 98.2 cm³/mol. The number of hydrogen-bond donors (Lipinski definition) is 0. The second-order valence-electron chi connectivity index (χ2n) is 5.20. The number of carbonyl (C=O) groups excluding carboxylic acids is 1. The Hall–Kier alpha value is -1.99. The number of aryl methyl sites for hydroxylation is 1. The van der Waals surface area contributed by atoms with Crippen LogP contribution in [0.1, 0.15) is 18.4 Å². The number of halogens is 1. The molecule has 0 saturated heterocycles. The van der Waals surface area contributed by atoms with E-state index < -0.39 is 0 Å². The summed E-state index contributed by atoms with van der Waals surface area (Å²) in [6.45, 7) is 4.38. The standard InChI is InChI=1S/C17H16BrN3O2S/c1-3-21(15-7-5-12(18)9-19-15)16(22)8-13-10-24-17(20-13)14-6-4-11(2)23-14/h4-7,9-10H,3,8H2,1-2H3. The van der Waals surface area contributed by atoms with Crippen LogP contribution in [-0.2, 0) is 11.2 Å². The molecular formula is C17H16BrN3O2S. The molecule has 0 atom stereocenters. The van der Waals surface area contributed by atoms with Gasteiger partial charge in [-0.3, -0.25) is 9.69 Å². The zero-order valence-corrected chi connectivity index (χ0v) is 15.7. The number of hydrogen-bond acceptors (Lipinski definition) is 5. The summed E-state index contributed by atoms with van der Waals surface area (Å²) in [5.74, 6) is 2.19. The molecular weight excluding hydrogens is 390 g/mol. The molecule has 0 radical (unpaired) electrons. The van der Waals surface area contributed by atoms with Crippen LogP contribution >= 0.6 is 27.3 Å². The second-order valence-corrected chi connectivity index (χ2v) is 6.98. The summed E-state index contributed by atoms with van der Waals surface area (Å²) in [7, 11) is 0. The number of rotatable bonds is 5. The number of furan rings is 1. The Morgan fingerprint density at radius 1 is 1.33 bits per heavy atom. The lowest BCUT2D eigenvalue weighted by Gasteiger charge is -2.19. The van der Waals surface area contributed by atoms with Crippen LogP contribution in [0.2, 0.25) is 0 Å². The second kappa shape index (κ2) is 7.27. The monoisotopic (exact) mass is 405 g/mol. The zero-order chi connectivity index (χ0) is 17.1. The number of anilines is 1. The minimum atomic E-state index is -0.0280. The lowest BCUT2D eigenvalue weighted by atomic mass is 10.3. The quantitative estimate of drug-likeness (QED) is 0.628. The van der Waals surface area contributed by atoms with Gasteiger partial charge in [0.15, 0.2) is 10.8 Å². The molecule has 0 unspecified atom stereocenters. The van der Waals surface area contributed by atoms with Crippen LogP contribution in [0, 0.1) is 6.92 Å². The average molecular weight is 406 g/mol. The molecule has 124 valence electrons. The topological polar surface area (TPSA) is 59.2 Å². The van der Waals surface area contributed by atoms with Crippen LogP contribution in [0.25, 0.3) is 10.8 Å². The van der Waals surface area contributed by atoms with Gasteiger partial charge in [0.1, 0.15) is 11.6 Å². The smallest absolute Gasteiger partial charge is 0.234 e. The van der Waals surface area contributed by atoms with Crippen molar-refractivity contribution in [2.75, 3.05) is 11.4 Å². The van der Waals surface area contributed by atoms with Crippen molar-refractivity contribution in [3.63, 3.8) is 0 Å². The van der Waals surface area contributed by atoms with E-state index in [9.17, 15) is 4.79 Å². The van der Waals surface area contributed by atoms with Gasteiger partial charge in [-0.05, 0) is 54.0 Å². The van der Waals surface area contributed by atoms with Gasteiger partial charge in [-0.15, -0.1) is 11.3 Å². The summed E-state index contributed by atoms with van der Waals surface area (Å²) < 4.78 is 6.46. The van der Waals surface area contributed by atoms with Crippen LogP contribution in [0.15, 0.2) is 44.7 Å². The third-order valence-corrected chi connectivity index (χ3v) is 4.82. The van der Waals surface area contributed by atoms with E-state index in [1.54, 1.807) is 11.1 Å². The van der Waals surface area contributed by atoms with Crippen molar-refractivity contribution in [2.24, 2.45) is 0 Å². The minimum Gasteiger partial charge on any atom is -0.459 e. The van der Waals surface area contributed by atoms with Crippen LogP contribution in [-0.4, -0.2) is 22.4 Å². The van der Waals surface area contributed by atoms with Gasteiger partial charge in [0.2, 0.25) is 5.91 Å². The van der Waals surface area contributed by atoms with Gasteiger partial charge in [0.25, 0.3) is 0 Å². The summed E-state index contributed by atoms with van der Waals surface area (Å²) in [5.41, 5.74) is 0.740. The zero-order valence-electron chi connectivity index (χ0n) is 13.3. The molecule has 0 saturated carbocycles. The molecule has 3 aromatic heterocycles. The van der Waals surface area contributed by atoms with Crippen LogP contribution in [0.5, 0.6) is 0 Å². The van der Waals surface area contributed by atoms with Crippen LogP contribution in [0.4, 0.5) is 5.82 Å². The molecule has 7 heteroatoms. The molecule has 3 aromatic rings. The van der Waals surface area contributed by atoms with Gasteiger partial charge in [-0.2, -0.15) is 0 Å². The summed E-state index contributed by atoms with van der Waals surface area (Å²) in [6.07, 6.45) is 1.92. The molecule has 0 aliphatic rings. The molecule has 0 fully saturated rings. The van der Waals surface area contributed by atoms with Gasteiger partial charge < -0.3 is 4.42 Å². The van der Waals surface area contributed by atoms with E-state index in [1.165, 1.54) is 11.3 Å². The number of pyridine rings is 1. The van der Waals surface area contributed by atoms with E-state index in [0.717, 1.165) is 26.7 Å².